The van der Waals surface area contributed by atoms with Gasteiger partial charge < -0.3 is 49.3 Å². The number of amides is 4. The second-order valence-electron chi connectivity index (χ2n) is 16.7. The molecule has 2 unspecified atom stereocenters. The van der Waals surface area contributed by atoms with E-state index in [1.807, 2.05) is 65.8 Å². The van der Waals surface area contributed by atoms with Gasteiger partial charge in [0.05, 0.1) is 68.8 Å². The van der Waals surface area contributed by atoms with Gasteiger partial charge in [-0.25, -0.2) is 19.6 Å². The minimum atomic E-state index is -0.990. The van der Waals surface area contributed by atoms with Crippen molar-refractivity contribution in [1.82, 2.24) is 40.4 Å². The SMILES string of the molecule is COC(=O)N[C@H](C(=O)N1CCCC1c1ncc(-c2ccc(-c3ccc(-c4cnc(C5CC6(CN5C(=O)[C@@H](NC(=O)OC)C(C)C)O[C@@H](C)[C@H](C)O6)[nH]4)cc3)cc2)[nH]1)C(C)C. The van der Waals surface area contributed by atoms with Crippen molar-refractivity contribution in [1.29, 1.82) is 0 Å². The number of benzene rings is 2. The lowest BCUT2D eigenvalue weighted by Crippen LogP contribution is -2.52. The highest BCUT2D eigenvalue weighted by atomic mass is 16.8. The molecule has 4 amide bonds. The van der Waals surface area contributed by atoms with E-state index in [4.69, 9.17) is 23.9 Å². The Hall–Kier alpha value is -5.74. The van der Waals surface area contributed by atoms with Gasteiger partial charge in [0.2, 0.25) is 11.8 Å². The van der Waals surface area contributed by atoms with E-state index >= 15 is 0 Å². The number of alkyl carbamates (subject to hydrolysis) is 2. The van der Waals surface area contributed by atoms with E-state index in [1.54, 1.807) is 22.2 Å². The van der Waals surface area contributed by atoms with Crippen molar-refractivity contribution < 1.29 is 38.1 Å². The number of carbonyl (C=O) groups excluding carboxylic acids is 4. The van der Waals surface area contributed by atoms with Crippen LogP contribution in [0.5, 0.6) is 0 Å². The molecule has 3 aliphatic rings. The highest BCUT2D eigenvalue weighted by Gasteiger charge is 2.55. The van der Waals surface area contributed by atoms with Crippen molar-refractivity contribution in [2.75, 3.05) is 27.3 Å². The third-order valence-corrected chi connectivity index (χ3v) is 11.9. The zero-order valence-corrected chi connectivity index (χ0v) is 35.5. The maximum atomic E-state index is 14.1. The van der Waals surface area contributed by atoms with Crippen LogP contribution in [0.15, 0.2) is 60.9 Å². The lowest BCUT2D eigenvalue weighted by Gasteiger charge is -2.30. The quantitative estimate of drug-likeness (QED) is 0.132. The fraction of sp³-hybridized carbons (Fsp3) is 0.500. The number of methoxy groups -OCH3 is 2. The minimum Gasteiger partial charge on any atom is -0.453 e. The van der Waals surface area contributed by atoms with E-state index in [0.29, 0.717) is 24.6 Å². The Morgan fingerprint density at radius 1 is 0.700 bits per heavy atom. The van der Waals surface area contributed by atoms with Gasteiger partial charge in [-0.05, 0) is 60.8 Å². The third kappa shape index (κ3) is 8.61. The van der Waals surface area contributed by atoms with Crippen molar-refractivity contribution in [2.24, 2.45) is 11.8 Å². The Bertz CT molecular complexity index is 2160. The Balaban J connectivity index is 1.04. The first-order valence-corrected chi connectivity index (χ1v) is 20.7. The third-order valence-electron chi connectivity index (χ3n) is 11.9. The number of hydrogen-bond donors (Lipinski definition) is 4. The molecule has 1 spiro atoms. The molecule has 4 N–H and O–H groups in total. The van der Waals surface area contributed by atoms with Gasteiger partial charge in [-0.3, -0.25) is 9.59 Å². The van der Waals surface area contributed by atoms with Crippen molar-refractivity contribution >= 4 is 24.0 Å². The van der Waals surface area contributed by atoms with Crippen LogP contribution >= 0.6 is 0 Å². The average molecular weight is 825 g/mol. The molecule has 60 heavy (non-hydrogen) atoms. The van der Waals surface area contributed by atoms with Crippen molar-refractivity contribution in [2.45, 2.75) is 103 Å². The van der Waals surface area contributed by atoms with Gasteiger partial charge in [0, 0.05) is 13.0 Å². The molecule has 0 aliphatic carbocycles. The molecule has 7 rings (SSSR count). The highest BCUT2D eigenvalue weighted by Crippen LogP contribution is 2.45. The predicted octanol–water partition coefficient (Wildman–Crippen LogP) is 6.35. The van der Waals surface area contributed by atoms with Gasteiger partial charge in [-0.2, -0.15) is 0 Å². The van der Waals surface area contributed by atoms with Crippen LogP contribution in [0.1, 0.15) is 84.5 Å². The summed E-state index contributed by atoms with van der Waals surface area (Å²) in [6.07, 6.45) is 3.95. The standard InChI is InChI=1S/C44H56N8O8/c1-24(2)36(49-42(55)57-7)40(53)51-19-9-10-34(51)38-45-21-32(47-38)30-15-11-28(12-16-30)29-13-17-31(18-14-29)33-22-46-39(48-33)35-20-44(59-26(5)27(6)60-44)23-52(35)41(54)37(25(3)4)50-43(56)58-8/h11-18,21-22,24-27,34-37H,9-10,19-20,23H2,1-8H3,(H,45,47)(H,46,48)(H,49,55)(H,50,56)/t26-,27-,34?,35?,36-,37-/m0/s1. The van der Waals surface area contributed by atoms with Crippen LogP contribution in [-0.4, -0.2) is 111 Å². The molecule has 0 radical (unpaired) electrons. The molecule has 4 aromatic rings. The Kier molecular flexibility index (Phi) is 12.3. The van der Waals surface area contributed by atoms with Gasteiger partial charge >= 0.3 is 12.2 Å². The average Bonchev–Trinajstić information content (AvgIpc) is 4.09. The van der Waals surface area contributed by atoms with E-state index in [2.05, 4.69) is 49.9 Å². The van der Waals surface area contributed by atoms with Crippen LogP contribution in [0.25, 0.3) is 33.6 Å². The molecular weight excluding hydrogens is 769 g/mol. The smallest absolute Gasteiger partial charge is 0.407 e. The zero-order valence-electron chi connectivity index (χ0n) is 35.5. The summed E-state index contributed by atoms with van der Waals surface area (Å²) >= 11 is 0. The summed E-state index contributed by atoms with van der Waals surface area (Å²) in [4.78, 5) is 71.7. The van der Waals surface area contributed by atoms with Gasteiger partial charge in [-0.15, -0.1) is 0 Å². The zero-order chi connectivity index (χ0) is 42.9. The number of aromatic amines is 2. The number of carbonyl (C=O) groups is 4. The molecule has 3 saturated heterocycles. The molecule has 5 heterocycles. The second kappa shape index (κ2) is 17.5. The number of imidazole rings is 2. The predicted molar refractivity (Wildman–Crippen MR) is 222 cm³/mol. The first kappa shape index (κ1) is 42.4. The van der Waals surface area contributed by atoms with Crippen molar-refractivity contribution in [3.63, 3.8) is 0 Å². The number of ether oxygens (including phenoxy) is 4. The molecule has 16 nitrogen and oxygen atoms in total. The first-order valence-electron chi connectivity index (χ1n) is 20.7. The van der Waals surface area contributed by atoms with Crippen LogP contribution < -0.4 is 10.6 Å². The summed E-state index contributed by atoms with van der Waals surface area (Å²) in [6, 6.07) is 14.2. The molecule has 6 atom stereocenters. The number of nitrogens with one attached hydrogen (secondary N) is 4. The molecular formula is C44H56N8O8. The van der Waals surface area contributed by atoms with E-state index in [9.17, 15) is 19.2 Å². The van der Waals surface area contributed by atoms with Crippen LogP contribution in [0, 0.1) is 11.8 Å². The van der Waals surface area contributed by atoms with E-state index in [0.717, 1.165) is 46.5 Å². The Morgan fingerprint density at radius 2 is 1.13 bits per heavy atom. The second-order valence-corrected chi connectivity index (χ2v) is 16.7. The van der Waals surface area contributed by atoms with Gasteiger partial charge in [0.15, 0.2) is 5.79 Å². The summed E-state index contributed by atoms with van der Waals surface area (Å²) in [5.41, 5.74) is 5.58. The minimum absolute atomic E-state index is 0.114. The summed E-state index contributed by atoms with van der Waals surface area (Å²) < 4.78 is 22.3. The molecule has 3 aliphatic heterocycles. The molecule has 3 fully saturated rings. The van der Waals surface area contributed by atoms with Crippen LogP contribution in [0.2, 0.25) is 0 Å². The largest absolute Gasteiger partial charge is 0.453 e. The van der Waals surface area contributed by atoms with E-state index in [-0.39, 0.29) is 48.4 Å². The van der Waals surface area contributed by atoms with Gasteiger partial charge in [-0.1, -0.05) is 76.2 Å². The molecule has 0 saturated carbocycles. The van der Waals surface area contributed by atoms with E-state index in [1.165, 1.54) is 14.2 Å². The topological polar surface area (TPSA) is 193 Å². The Morgan fingerprint density at radius 3 is 1.58 bits per heavy atom. The van der Waals surface area contributed by atoms with Crippen molar-refractivity contribution in [3.05, 3.63) is 72.6 Å². The number of nitrogens with zero attached hydrogens (tertiary/aromatic N) is 4. The van der Waals surface area contributed by atoms with Crippen LogP contribution in [-0.2, 0) is 28.5 Å². The van der Waals surface area contributed by atoms with Gasteiger partial charge in [0.25, 0.3) is 0 Å². The first-order chi connectivity index (χ1) is 28.7. The van der Waals surface area contributed by atoms with Crippen molar-refractivity contribution in [3.8, 4) is 33.6 Å². The number of H-pyrrole nitrogens is 2. The number of hydrogen-bond acceptors (Lipinski definition) is 10. The summed E-state index contributed by atoms with van der Waals surface area (Å²) in [6.45, 7) is 12.2. The molecule has 2 aromatic carbocycles. The molecule has 320 valence electrons. The van der Waals surface area contributed by atoms with Gasteiger partial charge in [0.1, 0.15) is 23.7 Å². The molecule has 2 aromatic heterocycles. The normalized spacial score (nSPS) is 22.0. The number of rotatable bonds is 11. The highest BCUT2D eigenvalue weighted by molar-refractivity contribution is 5.87. The maximum Gasteiger partial charge on any atom is 0.407 e. The van der Waals surface area contributed by atoms with Crippen LogP contribution in [0.3, 0.4) is 0 Å². The fourth-order valence-corrected chi connectivity index (χ4v) is 8.44. The monoisotopic (exact) mass is 824 g/mol. The maximum absolute atomic E-state index is 14.1. The summed E-state index contributed by atoms with van der Waals surface area (Å²) in [5, 5.41) is 5.40. The summed E-state index contributed by atoms with van der Waals surface area (Å²) in [7, 11) is 2.56. The van der Waals surface area contributed by atoms with E-state index < -0.39 is 36.1 Å². The number of likely N-dealkylation sites (tertiary alicyclic amines) is 2. The lowest BCUT2D eigenvalue weighted by atomic mass is 10.0. The lowest BCUT2D eigenvalue weighted by molar-refractivity contribution is -0.166. The molecule has 0 bridgehead atoms. The summed E-state index contributed by atoms with van der Waals surface area (Å²) in [5.74, 6) is -0.412. The fourth-order valence-electron chi connectivity index (χ4n) is 8.44. The Labute approximate surface area is 350 Å². The van der Waals surface area contributed by atoms with Crippen LogP contribution in [0.4, 0.5) is 9.59 Å². The number of aromatic nitrogens is 4. The molecule has 16 heteroatoms.